The van der Waals surface area contributed by atoms with E-state index in [1.54, 1.807) is 19.2 Å². The van der Waals surface area contributed by atoms with Crippen LogP contribution in [-0.2, 0) is 9.53 Å². The Morgan fingerprint density at radius 1 is 1.45 bits per heavy atom. The number of rotatable bonds is 5. The highest BCUT2D eigenvalue weighted by Gasteiger charge is 2.15. The van der Waals surface area contributed by atoms with Gasteiger partial charge in [0.1, 0.15) is 5.75 Å². The molecule has 1 aliphatic rings. The first-order chi connectivity index (χ1) is 9.69. The van der Waals surface area contributed by atoms with E-state index in [1.807, 2.05) is 6.07 Å². The molecule has 6 heteroatoms. The third kappa shape index (κ3) is 4.28. The second-order valence-electron chi connectivity index (χ2n) is 4.66. The van der Waals surface area contributed by atoms with Crippen LogP contribution in [-0.4, -0.2) is 38.8 Å². The van der Waals surface area contributed by atoms with Gasteiger partial charge in [0.05, 0.1) is 18.7 Å². The van der Waals surface area contributed by atoms with Crippen molar-refractivity contribution in [2.45, 2.75) is 18.9 Å². The summed E-state index contributed by atoms with van der Waals surface area (Å²) in [5.41, 5.74) is 0.799. The third-order valence-electron chi connectivity index (χ3n) is 3.19. The Kier molecular flexibility index (Phi) is 5.49. The summed E-state index contributed by atoms with van der Waals surface area (Å²) in [5.74, 6) is 0.562. The van der Waals surface area contributed by atoms with Crippen LogP contribution in [0.5, 0.6) is 5.75 Å². The predicted octanol–water partition coefficient (Wildman–Crippen LogP) is 2.06. The van der Waals surface area contributed by atoms with Gasteiger partial charge in [-0.2, -0.15) is 0 Å². The molecule has 0 aromatic heterocycles. The quantitative estimate of drug-likeness (QED) is 0.873. The van der Waals surface area contributed by atoms with E-state index >= 15 is 0 Å². The molecule has 1 fully saturated rings. The van der Waals surface area contributed by atoms with Crippen LogP contribution in [0.2, 0.25) is 5.02 Å². The highest BCUT2D eigenvalue weighted by Crippen LogP contribution is 2.27. The van der Waals surface area contributed by atoms with Crippen molar-refractivity contribution in [1.82, 2.24) is 5.32 Å². The largest absolute Gasteiger partial charge is 0.495 e. The number of hydrogen-bond acceptors (Lipinski definition) is 4. The summed E-state index contributed by atoms with van der Waals surface area (Å²) in [6.45, 7) is 1.65. The van der Waals surface area contributed by atoms with E-state index in [2.05, 4.69) is 10.6 Å². The van der Waals surface area contributed by atoms with Crippen molar-refractivity contribution in [3.05, 3.63) is 23.2 Å². The minimum atomic E-state index is -0.0224. The summed E-state index contributed by atoms with van der Waals surface area (Å²) in [5, 5.41) is 6.59. The van der Waals surface area contributed by atoms with Crippen molar-refractivity contribution in [3.63, 3.8) is 0 Å². The maximum absolute atomic E-state index is 11.8. The smallest absolute Gasteiger partial charge is 0.239 e. The molecule has 1 aliphatic heterocycles. The van der Waals surface area contributed by atoms with Gasteiger partial charge in [-0.15, -0.1) is 0 Å². The van der Waals surface area contributed by atoms with Crippen LogP contribution >= 0.6 is 11.6 Å². The van der Waals surface area contributed by atoms with Gasteiger partial charge in [-0.05, 0) is 25.0 Å². The third-order valence-corrected chi connectivity index (χ3v) is 3.50. The van der Waals surface area contributed by atoms with Crippen LogP contribution in [0.3, 0.4) is 0 Å². The molecule has 20 heavy (non-hydrogen) atoms. The lowest BCUT2D eigenvalue weighted by molar-refractivity contribution is -0.120. The maximum Gasteiger partial charge on any atom is 0.239 e. The fraction of sp³-hybridized carbons (Fsp3) is 0.500. The summed E-state index contributed by atoms with van der Waals surface area (Å²) in [7, 11) is 1.56. The van der Waals surface area contributed by atoms with Crippen LogP contribution < -0.4 is 15.4 Å². The minimum absolute atomic E-state index is 0.0224. The first-order valence-electron chi connectivity index (χ1n) is 6.63. The molecule has 0 bridgehead atoms. The van der Waals surface area contributed by atoms with Crippen LogP contribution in [0, 0.1) is 0 Å². The number of anilines is 1. The van der Waals surface area contributed by atoms with Crippen molar-refractivity contribution >= 4 is 23.2 Å². The molecule has 1 aromatic carbocycles. The number of amides is 1. The van der Waals surface area contributed by atoms with Crippen molar-refractivity contribution in [2.75, 3.05) is 32.2 Å². The zero-order valence-corrected chi connectivity index (χ0v) is 12.2. The monoisotopic (exact) mass is 298 g/mol. The average Bonchev–Trinajstić information content (AvgIpc) is 2.47. The van der Waals surface area contributed by atoms with Crippen molar-refractivity contribution in [2.24, 2.45) is 0 Å². The molecule has 0 saturated carbocycles. The topological polar surface area (TPSA) is 59.6 Å². The highest BCUT2D eigenvalue weighted by molar-refractivity contribution is 6.32. The van der Waals surface area contributed by atoms with Gasteiger partial charge < -0.3 is 20.1 Å². The SMILES string of the molecule is COc1cc(NCC(=O)NC2CCOCC2)ccc1Cl. The Morgan fingerprint density at radius 3 is 2.90 bits per heavy atom. The van der Waals surface area contributed by atoms with Crippen LogP contribution in [0.1, 0.15) is 12.8 Å². The van der Waals surface area contributed by atoms with E-state index in [0.717, 1.165) is 18.5 Å². The summed E-state index contributed by atoms with van der Waals surface area (Å²) < 4.78 is 10.4. The lowest BCUT2D eigenvalue weighted by Crippen LogP contribution is -2.41. The lowest BCUT2D eigenvalue weighted by atomic mass is 10.1. The second-order valence-corrected chi connectivity index (χ2v) is 5.06. The van der Waals surface area contributed by atoms with Gasteiger partial charge in [-0.3, -0.25) is 4.79 Å². The number of ether oxygens (including phenoxy) is 2. The summed E-state index contributed by atoms with van der Waals surface area (Å²) in [4.78, 5) is 11.8. The molecule has 0 atom stereocenters. The number of benzene rings is 1. The van der Waals surface area contributed by atoms with Gasteiger partial charge in [0.15, 0.2) is 0 Å². The van der Waals surface area contributed by atoms with Gasteiger partial charge in [-0.1, -0.05) is 11.6 Å². The summed E-state index contributed by atoms with van der Waals surface area (Å²) in [6, 6.07) is 5.54. The normalized spacial score (nSPS) is 15.7. The van der Waals surface area contributed by atoms with Gasteiger partial charge in [0, 0.05) is 31.0 Å². The molecule has 0 radical (unpaired) electrons. The van der Waals surface area contributed by atoms with Crippen molar-refractivity contribution in [3.8, 4) is 5.75 Å². The van der Waals surface area contributed by atoms with E-state index in [4.69, 9.17) is 21.1 Å². The molecule has 0 spiro atoms. The van der Waals surface area contributed by atoms with Crippen molar-refractivity contribution < 1.29 is 14.3 Å². The van der Waals surface area contributed by atoms with E-state index in [9.17, 15) is 4.79 Å². The molecule has 0 unspecified atom stereocenters. The molecular formula is C14H19ClN2O3. The highest BCUT2D eigenvalue weighted by atomic mass is 35.5. The number of nitrogens with one attached hydrogen (secondary N) is 2. The minimum Gasteiger partial charge on any atom is -0.495 e. The molecule has 110 valence electrons. The Morgan fingerprint density at radius 2 is 2.20 bits per heavy atom. The van der Waals surface area contributed by atoms with E-state index in [0.29, 0.717) is 24.0 Å². The molecule has 0 aliphatic carbocycles. The fourth-order valence-corrected chi connectivity index (χ4v) is 2.27. The first-order valence-corrected chi connectivity index (χ1v) is 7.01. The predicted molar refractivity (Wildman–Crippen MR) is 78.5 cm³/mol. The lowest BCUT2D eigenvalue weighted by Gasteiger charge is -2.23. The van der Waals surface area contributed by atoms with E-state index in [-0.39, 0.29) is 18.5 Å². The zero-order chi connectivity index (χ0) is 14.4. The average molecular weight is 299 g/mol. The second kappa shape index (κ2) is 7.36. The Hall–Kier alpha value is -1.46. The summed E-state index contributed by atoms with van der Waals surface area (Å²) >= 11 is 5.94. The van der Waals surface area contributed by atoms with Crippen molar-refractivity contribution in [1.29, 1.82) is 0 Å². The number of carbonyl (C=O) groups excluding carboxylic acids is 1. The fourth-order valence-electron chi connectivity index (χ4n) is 2.07. The Bertz CT molecular complexity index is 462. The van der Waals surface area contributed by atoms with E-state index < -0.39 is 0 Å². The molecular weight excluding hydrogens is 280 g/mol. The molecule has 1 saturated heterocycles. The molecule has 2 rings (SSSR count). The van der Waals surface area contributed by atoms with Gasteiger partial charge in [-0.25, -0.2) is 0 Å². The number of methoxy groups -OCH3 is 1. The maximum atomic E-state index is 11.8. The molecule has 1 heterocycles. The number of hydrogen-bond donors (Lipinski definition) is 2. The van der Waals surface area contributed by atoms with Crippen LogP contribution in [0.4, 0.5) is 5.69 Å². The summed E-state index contributed by atoms with van der Waals surface area (Å²) in [6.07, 6.45) is 1.75. The van der Waals surface area contributed by atoms with Gasteiger partial charge in [0.25, 0.3) is 0 Å². The van der Waals surface area contributed by atoms with Crippen LogP contribution in [0.15, 0.2) is 18.2 Å². The van der Waals surface area contributed by atoms with E-state index in [1.165, 1.54) is 0 Å². The van der Waals surface area contributed by atoms with Crippen LogP contribution in [0.25, 0.3) is 0 Å². The number of halogens is 1. The first kappa shape index (κ1) is 14.9. The standard InChI is InChI=1S/C14H19ClN2O3/c1-19-13-8-11(2-3-12(13)15)16-9-14(18)17-10-4-6-20-7-5-10/h2-3,8,10,16H,4-7,9H2,1H3,(H,17,18). The molecule has 1 amide bonds. The molecule has 1 aromatic rings. The van der Waals surface area contributed by atoms with Gasteiger partial charge >= 0.3 is 0 Å². The van der Waals surface area contributed by atoms with Gasteiger partial charge in [0.2, 0.25) is 5.91 Å². The Labute approximate surface area is 123 Å². The molecule has 5 nitrogen and oxygen atoms in total. The number of carbonyl (C=O) groups is 1. The zero-order valence-electron chi connectivity index (χ0n) is 11.4. The Balaban J connectivity index is 1.80. The molecule has 2 N–H and O–H groups in total.